The second-order valence-corrected chi connectivity index (χ2v) is 11.9. The molecule has 0 aliphatic rings. The number of rotatable bonds is 5. The molecule has 0 aliphatic carbocycles. The molecule has 2 rings (SSSR count). The predicted molar refractivity (Wildman–Crippen MR) is 106 cm³/mol. The molecule has 0 aliphatic heterocycles. The zero-order chi connectivity index (χ0) is 21.1. The van der Waals surface area contributed by atoms with E-state index in [0.717, 1.165) is 12.1 Å². The van der Waals surface area contributed by atoms with Crippen molar-refractivity contribution >= 4 is 37.2 Å². The highest BCUT2D eigenvalue weighted by molar-refractivity contribution is 6.70. The molecule has 28 heavy (non-hydrogen) atoms. The molecule has 3 nitrogen and oxygen atoms in total. The van der Waals surface area contributed by atoms with E-state index in [4.69, 9.17) is 20.8 Å². The Morgan fingerprint density at radius 1 is 0.929 bits per heavy atom. The number of esters is 1. The summed E-state index contributed by atoms with van der Waals surface area (Å²) in [5.41, 5.74) is 0.186. The van der Waals surface area contributed by atoms with E-state index < -0.39 is 26.0 Å². The minimum absolute atomic E-state index is 0.126. The van der Waals surface area contributed by atoms with Crippen LogP contribution in [0.5, 0.6) is 0 Å². The van der Waals surface area contributed by atoms with Gasteiger partial charge >= 0.3 is 12.1 Å². The normalized spacial score (nSPS) is 13.0. The first-order valence-corrected chi connectivity index (χ1v) is 12.2. The van der Waals surface area contributed by atoms with Crippen LogP contribution in [-0.2, 0) is 20.1 Å². The molecule has 0 amide bonds. The van der Waals surface area contributed by atoms with Crippen LogP contribution in [0.1, 0.15) is 16.7 Å². The van der Waals surface area contributed by atoms with E-state index in [9.17, 15) is 18.0 Å². The predicted octanol–water partition coefficient (Wildman–Crippen LogP) is 6.25. The fourth-order valence-corrected chi connectivity index (χ4v) is 3.39. The molecule has 0 radical (unpaired) electrons. The number of ether oxygens (including phenoxy) is 1. The van der Waals surface area contributed by atoms with Gasteiger partial charge in [-0.05, 0) is 49.5 Å². The third-order valence-corrected chi connectivity index (χ3v) is 4.70. The zero-order valence-corrected chi connectivity index (χ0v) is 17.6. The van der Waals surface area contributed by atoms with Gasteiger partial charge in [0.05, 0.1) is 12.7 Å². The van der Waals surface area contributed by atoms with Crippen LogP contribution in [0.2, 0.25) is 24.7 Å². The second-order valence-electron chi connectivity index (χ2n) is 6.99. The van der Waals surface area contributed by atoms with Gasteiger partial charge in [0.2, 0.25) is 8.32 Å². The lowest BCUT2D eigenvalue weighted by molar-refractivity contribution is -0.137. The Morgan fingerprint density at radius 3 is 1.86 bits per heavy atom. The van der Waals surface area contributed by atoms with E-state index in [2.05, 4.69) is 0 Å². The van der Waals surface area contributed by atoms with E-state index in [1.807, 2.05) is 19.6 Å². The minimum Gasteiger partial charge on any atom is -0.543 e. The number of halogens is 4. The Labute approximate surface area is 167 Å². The van der Waals surface area contributed by atoms with E-state index in [1.165, 1.54) is 19.2 Å². The van der Waals surface area contributed by atoms with Gasteiger partial charge in [-0.1, -0.05) is 35.9 Å². The van der Waals surface area contributed by atoms with Crippen molar-refractivity contribution in [1.29, 1.82) is 0 Å². The highest BCUT2D eigenvalue weighted by atomic mass is 35.5. The Balaban J connectivity index is 2.72. The number of carbonyl (C=O) groups is 1. The van der Waals surface area contributed by atoms with Crippen molar-refractivity contribution in [1.82, 2.24) is 0 Å². The molecule has 2 aromatic rings. The number of methoxy groups -OCH3 is 1. The van der Waals surface area contributed by atoms with Crippen LogP contribution in [-0.4, -0.2) is 21.4 Å². The topological polar surface area (TPSA) is 35.5 Å². The number of carbonyl (C=O) groups excluding carboxylic acids is 1. The highest BCUT2D eigenvalue weighted by Crippen LogP contribution is 2.34. The van der Waals surface area contributed by atoms with Gasteiger partial charge in [0.1, 0.15) is 11.3 Å². The van der Waals surface area contributed by atoms with Crippen LogP contribution in [0.3, 0.4) is 0 Å². The molecule has 0 saturated heterocycles. The molecule has 0 aromatic heterocycles. The lowest BCUT2D eigenvalue weighted by Crippen LogP contribution is -2.26. The summed E-state index contributed by atoms with van der Waals surface area (Å²) in [5.74, 6) is -0.475. The van der Waals surface area contributed by atoms with Crippen molar-refractivity contribution in [2.75, 3.05) is 7.11 Å². The molecule has 0 N–H and O–H groups in total. The van der Waals surface area contributed by atoms with Crippen LogP contribution in [0, 0.1) is 0 Å². The SMILES string of the molecule is COC(=O)/C(=C(\O[Si](C)(C)C)c1ccc(C(F)(F)F)cc1)c1ccc(Cl)cc1. The van der Waals surface area contributed by atoms with Crippen LogP contribution in [0.25, 0.3) is 11.3 Å². The smallest absolute Gasteiger partial charge is 0.416 e. The number of alkyl halides is 3. The van der Waals surface area contributed by atoms with Crippen LogP contribution < -0.4 is 0 Å². The Bertz CT molecular complexity index is 868. The van der Waals surface area contributed by atoms with E-state index in [1.54, 1.807) is 24.3 Å². The first-order valence-electron chi connectivity index (χ1n) is 8.37. The summed E-state index contributed by atoms with van der Waals surface area (Å²) in [7, 11) is -0.999. The van der Waals surface area contributed by atoms with Crippen molar-refractivity contribution in [3.05, 3.63) is 70.2 Å². The largest absolute Gasteiger partial charge is 0.543 e. The fourth-order valence-electron chi connectivity index (χ4n) is 2.43. The third kappa shape index (κ3) is 5.62. The van der Waals surface area contributed by atoms with Crippen LogP contribution in [0.15, 0.2) is 48.5 Å². The molecule has 0 unspecified atom stereocenters. The minimum atomic E-state index is -4.45. The summed E-state index contributed by atoms with van der Waals surface area (Å²) in [6.45, 7) is 5.73. The van der Waals surface area contributed by atoms with Gasteiger partial charge in [-0.25, -0.2) is 4.79 Å². The first kappa shape index (κ1) is 22.0. The van der Waals surface area contributed by atoms with Gasteiger partial charge in [-0.2, -0.15) is 13.2 Å². The molecule has 0 heterocycles. The summed E-state index contributed by atoms with van der Waals surface area (Å²) in [6.07, 6.45) is -4.45. The monoisotopic (exact) mass is 428 g/mol. The molecule has 0 saturated carbocycles. The molecular weight excluding hydrogens is 409 g/mol. The first-order chi connectivity index (χ1) is 12.9. The van der Waals surface area contributed by atoms with Crippen molar-refractivity contribution < 1.29 is 27.1 Å². The van der Waals surface area contributed by atoms with E-state index in [-0.39, 0.29) is 11.3 Å². The van der Waals surface area contributed by atoms with Crippen molar-refractivity contribution in [2.24, 2.45) is 0 Å². The van der Waals surface area contributed by atoms with Gasteiger partial charge in [0.25, 0.3) is 0 Å². The van der Waals surface area contributed by atoms with Gasteiger partial charge in [0.15, 0.2) is 0 Å². The summed E-state index contributed by atoms with van der Waals surface area (Å²) in [6, 6.07) is 11.0. The lowest BCUT2D eigenvalue weighted by atomic mass is 10.00. The van der Waals surface area contributed by atoms with Crippen molar-refractivity contribution in [2.45, 2.75) is 25.8 Å². The van der Waals surface area contributed by atoms with Gasteiger partial charge < -0.3 is 9.16 Å². The molecule has 0 bridgehead atoms. The summed E-state index contributed by atoms with van der Waals surface area (Å²) in [5, 5.41) is 0.482. The lowest BCUT2D eigenvalue weighted by Gasteiger charge is -2.25. The van der Waals surface area contributed by atoms with Gasteiger partial charge in [0, 0.05) is 10.6 Å². The molecule has 0 fully saturated rings. The van der Waals surface area contributed by atoms with Crippen LogP contribution in [0.4, 0.5) is 13.2 Å². The fraction of sp³-hybridized carbons (Fsp3) is 0.250. The molecule has 0 spiro atoms. The maximum atomic E-state index is 12.9. The summed E-state index contributed by atoms with van der Waals surface area (Å²) in [4.78, 5) is 12.6. The average molecular weight is 429 g/mol. The Morgan fingerprint density at radius 2 is 1.43 bits per heavy atom. The number of hydrogen-bond acceptors (Lipinski definition) is 3. The van der Waals surface area contributed by atoms with Crippen molar-refractivity contribution in [3.63, 3.8) is 0 Å². The zero-order valence-electron chi connectivity index (χ0n) is 15.9. The third-order valence-electron chi connectivity index (χ3n) is 3.63. The Hall–Kier alpha value is -2.25. The molecule has 2 aromatic carbocycles. The maximum Gasteiger partial charge on any atom is 0.416 e. The summed E-state index contributed by atoms with van der Waals surface area (Å²) >= 11 is 5.93. The quantitative estimate of drug-likeness (QED) is 0.185. The second kappa shape index (κ2) is 8.41. The van der Waals surface area contributed by atoms with Crippen LogP contribution >= 0.6 is 11.6 Å². The number of hydrogen-bond donors (Lipinski definition) is 0. The highest BCUT2D eigenvalue weighted by Gasteiger charge is 2.31. The maximum absolute atomic E-state index is 12.9. The van der Waals surface area contributed by atoms with E-state index in [0.29, 0.717) is 16.1 Å². The standard InChI is InChI=1S/C20H20ClF3O3Si/c1-26-19(25)17(13-7-11-16(21)12-8-13)18(27-28(2,3)4)14-5-9-15(10-6-14)20(22,23)24/h5-12H,1-4H3/b18-17-. The molecule has 8 heteroatoms. The van der Waals surface area contributed by atoms with E-state index >= 15 is 0 Å². The van der Waals surface area contributed by atoms with Gasteiger partial charge in [-0.15, -0.1) is 0 Å². The molecule has 0 atom stereocenters. The van der Waals surface area contributed by atoms with Gasteiger partial charge in [-0.3, -0.25) is 0 Å². The Kier molecular flexibility index (Phi) is 6.62. The molecular formula is C20H20ClF3O3Si. The number of benzene rings is 2. The molecule has 150 valence electrons. The summed E-state index contributed by atoms with van der Waals surface area (Å²) < 4.78 is 49.8. The average Bonchev–Trinajstić information content (AvgIpc) is 2.61. The van der Waals surface area contributed by atoms with Crippen molar-refractivity contribution in [3.8, 4) is 0 Å².